The molecule has 3 heteroatoms. The maximum atomic E-state index is 2.36. The SMILES string of the molecule is CCCN1C=C[N+](C)(C)C1.[Br-]. The van der Waals surface area contributed by atoms with Gasteiger partial charge < -0.3 is 21.9 Å². The first-order valence-corrected chi connectivity index (χ1v) is 3.90. The highest BCUT2D eigenvalue weighted by atomic mass is 79.9. The molecule has 1 aliphatic heterocycles. The maximum absolute atomic E-state index is 2.36. The Kier molecular flexibility index (Phi) is 4.11. The van der Waals surface area contributed by atoms with Gasteiger partial charge in [0.15, 0.2) is 6.67 Å². The summed E-state index contributed by atoms with van der Waals surface area (Å²) in [7, 11) is 4.43. The molecule has 0 saturated heterocycles. The molecule has 0 spiro atoms. The van der Waals surface area contributed by atoms with Crippen LogP contribution in [0.2, 0.25) is 0 Å². The van der Waals surface area contributed by atoms with Gasteiger partial charge in [-0.15, -0.1) is 0 Å². The molecule has 0 aromatic carbocycles. The summed E-state index contributed by atoms with van der Waals surface area (Å²) in [6.45, 7) is 4.54. The molecule has 0 unspecified atom stereocenters. The highest BCUT2D eigenvalue weighted by Crippen LogP contribution is 2.11. The zero-order valence-corrected chi connectivity index (χ0v) is 9.13. The average Bonchev–Trinajstić information content (AvgIpc) is 2.12. The fourth-order valence-corrected chi connectivity index (χ4v) is 1.27. The third-order valence-corrected chi connectivity index (χ3v) is 1.74. The Morgan fingerprint density at radius 1 is 1.45 bits per heavy atom. The Hall–Kier alpha value is -0.0200. The standard InChI is InChI=1S/C8H17N2.BrH/c1-4-5-9-6-7-10(2,3)8-9;/h6-7H,4-5,8H2,1-3H3;1H/q+1;/p-1. The third kappa shape index (κ3) is 3.25. The van der Waals surface area contributed by atoms with Crippen LogP contribution in [-0.2, 0) is 0 Å². The van der Waals surface area contributed by atoms with Crippen molar-refractivity contribution in [3.8, 4) is 0 Å². The van der Waals surface area contributed by atoms with Gasteiger partial charge in [-0.1, -0.05) is 6.92 Å². The van der Waals surface area contributed by atoms with Crippen molar-refractivity contribution in [1.29, 1.82) is 0 Å². The topological polar surface area (TPSA) is 3.24 Å². The zero-order chi connectivity index (χ0) is 7.61. The van der Waals surface area contributed by atoms with Crippen LogP contribution in [0.3, 0.4) is 0 Å². The lowest BCUT2D eigenvalue weighted by molar-refractivity contribution is -0.840. The van der Waals surface area contributed by atoms with Crippen molar-refractivity contribution in [2.45, 2.75) is 13.3 Å². The second-order valence-corrected chi connectivity index (χ2v) is 3.53. The van der Waals surface area contributed by atoms with Gasteiger partial charge in [0.1, 0.15) is 6.20 Å². The van der Waals surface area contributed by atoms with Crippen LogP contribution in [0.5, 0.6) is 0 Å². The summed E-state index contributed by atoms with van der Waals surface area (Å²) in [5.74, 6) is 0. The molecule has 2 nitrogen and oxygen atoms in total. The first-order chi connectivity index (χ1) is 4.64. The predicted molar refractivity (Wildman–Crippen MR) is 43.1 cm³/mol. The molecule has 0 aliphatic carbocycles. The first kappa shape index (κ1) is 11.0. The van der Waals surface area contributed by atoms with Crippen molar-refractivity contribution >= 4 is 0 Å². The van der Waals surface area contributed by atoms with Crippen LogP contribution < -0.4 is 17.0 Å². The summed E-state index contributed by atoms with van der Waals surface area (Å²) in [5.41, 5.74) is 0. The van der Waals surface area contributed by atoms with Crippen molar-refractivity contribution in [3.63, 3.8) is 0 Å². The van der Waals surface area contributed by atoms with E-state index >= 15 is 0 Å². The van der Waals surface area contributed by atoms with Crippen LogP contribution in [0.1, 0.15) is 13.3 Å². The smallest absolute Gasteiger partial charge is 0.158 e. The van der Waals surface area contributed by atoms with Crippen LogP contribution >= 0.6 is 0 Å². The van der Waals surface area contributed by atoms with E-state index in [4.69, 9.17) is 0 Å². The van der Waals surface area contributed by atoms with Gasteiger partial charge in [-0.05, 0) is 6.42 Å². The second kappa shape index (κ2) is 4.12. The highest BCUT2D eigenvalue weighted by Gasteiger charge is 2.20. The van der Waals surface area contributed by atoms with Gasteiger partial charge in [0.2, 0.25) is 0 Å². The van der Waals surface area contributed by atoms with E-state index in [1.807, 2.05) is 0 Å². The number of hydrogen-bond donors (Lipinski definition) is 0. The van der Waals surface area contributed by atoms with Crippen LogP contribution in [-0.4, -0.2) is 36.7 Å². The van der Waals surface area contributed by atoms with Crippen molar-refractivity contribution in [3.05, 3.63) is 12.4 Å². The molecule has 0 fully saturated rings. The van der Waals surface area contributed by atoms with Gasteiger partial charge >= 0.3 is 0 Å². The van der Waals surface area contributed by atoms with Gasteiger partial charge in [-0.25, -0.2) is 0 Å². The van der Waals surface area contributed by atoms with Crippen molar-refractivity contribution < 1.29 is 21.5 Å². The summed E-state index contributed by atoms with van der Waals surface area (Å²) in [6, 6.07) is 0. The fraction of sp³-hybridized carbons (Fsp3) is 0.750. The second-order valence-electron chi connectivity index (χ2n) is 3.53. The highest BCUT2D eigenvalue weighted by molar-refractivity contribution is 4.79. The summed E-state index contributed by atoms with van der Waals surface area (Å²) in [4.78, 5) is 2.36. The zero-order valence-electron chi connectivity index (χ0n) is 7.55. The molecule has 0 amide bonds. The van der Waals surface area contributed by atoms with E-state index in [-0.39, 0.29) is 17.0 Å². The number of halogens is 1. The third-order valence-electron chi connectivity index (χ3n) is 1.74. The Balaban J connectivity index is 0.000001000. The van der Waals surface area contributed by atoms with E-state index in [0.717, 1.165) is 11.2 Å². The summed E-state index contributed by atoms with van der Waals surface area (Å²) < 4.78 is 1.00. The monoisotopic (exact) mass is 220 g/mol. The lowest BCUT2D eigenvalue weighted by Gasteiger charge is -2.23. The minimum absolute atomic E-state index is 0. The molecule has 1 rings (SSSR count). The molecule has 0 aromatic rings. The van der Waals surface area contributed by atoms with E-state index in [2.05, 4.69) is 38.3 Å². The Morgan fingerprint density at radius 2 is 2.09 bits per heavy atom. The quantitative estimate of drug-likeness (QED) is 0.498. The lowest BCUT2D eigenvalue weighted by Crippen LogP contribution is -3.00. The number of rotatable bonds is 2. The van der Waals surface area contributed by atoms with Crippen molar-refractivity contribution in [2.24, 2.45) is 0 Å². The number of nitrogens with zero attached hydrogens (tertiary/aromatic N) is 2. The molecule has 0 atom stereocenters. The van der Waals surface area contributed by atoms with Gasteiger partial charge in [0.05, 0.1) is 20.3 Å². The number of quaternary nitrogens is 1. The Bertz CT molecular complexity index is 143. The van der Waals surface area contributed by atoms with Crippen LogP contribution in [0.4, 0.5) is 0 Å². The average molecular weight is 221 g/mol. The molecule has 11 heavy (non-hydrogen) atoms. The van der Waals surface area contributed by atoms with Gasteiger partial charge in [0.25, 0.3) is 0 Å². The molecule has 0 N–H and O–H groups in total. The van der Waals surface area contributed by atoms with Crippen LogP contribution in [0.15, 0.2) is 12.4 Å². The minimum Gasteiger partial charge on any atom is -1.00 e. The van der Waals surface area contributed by atoms with Crippen molar-refractivity contribution in [1.82, 2.24) is 4.90 Å². The van der Waals surface area contributed by atoms with Crippen molar-refractivity contribution in [2.75, 3.05) is 27.3 Å². The minimum atomic E-state index is 0. The fourth-order valence-electron chi connectivity index (χ4n) is 1.27. The molecular formula is C8H17BrN2. The van der Waals surface area contributed by atoms with Gasteiger partial charge in [-0.2, -0.15) is 0 Å². The maximum Gasteiger partial charge on any atom is 0.158 e. The molecule has 0 saturated carbocycles. The van der Waals surface area contributed by atoms with Crippen LogP contribution in [0, 0.1) is 0 Å². The van der Waals surface area contributed by atoms with Crippen LogP contribution in [0.25, 0.3) is 0 Å². The van der Waals surface area contributed by atoms with Gasteiger partial charge in [0, 0.05) is 6.54 Å². The molecular weight excluding hydrogens is 204 g/mol. The molecule has 0 aromatic heterocycles. The van der Waals surface area contributed by atoms with E-state index in [1.165, 1.54) is 13.0 Å². The molecule has 66 valence electrons. The van der Waals surface area contributed by atoms with E-state index in [1.54, 1.807) is 0 Å². The first-order valence-electron chi connectivity index (χ1n) is 3.90. The Morgan fingerprint density at radius 3 is 2.45 bits per heavy atom. The van der Waals surface area contributed by atoms with E-state index in [0.29, 0.717) is 0 Å². The van der Waals surface area contributed by atoms with E-state index < -0.39 is 0 Å². The summed E-state index contributed by atoms with van der Waals surface area (Å²) in [6.07, 6.45) is 5.67. The Labute approximate surface area is 79.8 Å². The normalized spacial score (nSPS) is 20.1. The van der Waals surface area contributed by atoms with Gasteiger partial charge in [-0.3, -0.25) is 4.48 Å². The number of hydrogen-bond acceptors (Lipinski definition) is 1. The van der Waals surface area contributed by atoms with E-state index in [9.17, 15) is 0 Å². The molecule has 0 bridgehead atoms. The largest absolute Gasteiger partial charge is 1.00 e. The summed E-state index contributed by atoms with van der Waals surface area (Å²) >= 11 is 0. The molecule has 1 aliphatic rings. The summed E-state index contributed by atoms with van der Waals surface area (Å²) in [5, 5.41) is 0. The predicted octanol–water partition coefficient (Wildman–Crippen LogP) is -1.78. The molecule has 1 heterocycles. The lowest BCUT2D eigenvalue weighted by atomic mass is 10.4. The molecule has 0 radical (unpaired) electrons.